The van der Waals surface area contributed by atoms with Gasteiger partial charge in [-0.1, -0.05) is 56.1 Å². The highest BCUT2D eigenvalue weighted by Gasteiger charge is 1.89. The van der Waals surface area contributed by atoms with E-state index in [4.69, 9.17) is 0 Å². The molecule has 0 heteroatoms. The van der Waals surface area contributed by atoms with Gasteiger partial charge < -0.3 is 0 Å². The van der Waals surface area contributed by atoms with Crippen LogP contribution >= 0.6 is 0 Å². The van der Waals surface area contributed by atoms with Crippen LogP contribution in [0.15, 0.2) is 36.5 Å². The van der Waals surface area contributed by atoms with Gasteiger partial charge in [0.1, 0.15) is 0 Å². The van der Waals surface area contributed by atoms with Crippen LogP contribution in [0.4, 0.5) is 0 Å². The Morgan fingerprint density at radius 1 is 1.13 bits per heavy atom. The second kappa shape index (κ2) is 11.3. The molecule has 0 atom stereocenters. The fourth-order valence-corrected chi connectivity index (χ4v) is 1.52. The molecule has 0 aliphatic carbocycles. The van der Waals surface area contributed by atoms with Gasteiger partial charge in [0.15, 0.2) is 0 Å². The second-order valence-corrected chi connectivity index (χ2v) is 3.94. The summed E-state index contributed by atoms with van der Waals surface area (Å²) in [6.45, 7) is 8.11. The summed E-state index contributed by atoms with van der Waals surface area (Å²) in [5.74, 6) is 0. The molecule has 0 fully saturated rings. The van der Waals surface area contributed by atoms with Gasteiger partial charge in [-0.3, -0.25) is 0 Å². The van der Waals surface area contributed by atoms with Gasteiger partial charge in [-0.25, -0.2) is 0 Å². The zero-order chi connectivity index (χ0) is 11.4. The highest BCUT2D eigenvalue weighted by Crippen LogP contribution is 2.09. The fraction of sp³-hybridized carbons (Fsp3) is 0.600. The van der Waals surface area contributed by atoms with E-state index in [1.807, 2.05) is 6.08 Å². The molecule has 0 rings (SSSR count). The van der Waals surface area contributed by atoms with Crippen molar-refractivity contribution in [3.8, 4) is 0 Å². The summed E-state index contributed by atoms with van der Waals surface area (Å²) in [7, 11) is 0. The van der Waals surface area contributed by atoms with E-state index in [-0.39, 0.29) is 0 Å². The maximum Gasteiger partial charge on any atom is -0.0248 e. The molecule has 0 spiro atoms. The monoisotopic (exact) mass is 206 g/mol. The van der Waals surface area contributed by atoms with Crippen molar-refractivity contribution < 1.29 is 0 Å². The molecular weight excluding hydrogens is 180 g/mol. The van der Waals surface area contributed by atoms with Crippen LogP contribution in [0.1, 0.15) is 58.8 Å². The molecule has 0 unspecified atom stereocenters. The Morgan fingerprint density at radius 3 is 2.53 bits per heavy atom. The van der Waals surface area contributed by atoms with Crippen molar-refractivity contribution in [2.75, 3.05) is 0 Å². The topological polar surface area (TPSA) is 0 Å². The Morgan fingerprint density at radius 2 is 1.93 bits per heavy atom. The number of allylic oxidation sites excluding steroid dienone is 5. The highest BCUT2D eigenvalue weighted by molar-refractivity contribution is 5.18. The zero-order valence-electron chi connectivity index (χ0n) is 10.5. The molecule has 0 aromatic carbocycles. The predicted molar refractivity (Wildman–Crippen MR) is 71.1 cm³/mol. The third-order valence-electron chi connectivity index (χ3n) is 2.56. The van der Waals surface area contributed by atoms with Crippen molar-refractivity contribution >= 4 is 0 Å². The molecule has 0 aromatic rings. The van der Waals surface area contributed by atoms with Crippen molar-refractivity contribution in [1.29, 1.82) is 0 Å². The lowest BCUT2D eigenvalue weighted by molar-refractivity contribution is 0.674. The summed E-state index contributed by atoms with van der Waals surface area (Å²) < 4.78 is 0. The molecule has 0 aliphatic rings. The van der Waals surface area contributed by atoms with E-state index in [2.05, 4.69) is 38.7 Å². The number of rotatable bonds is 9. The minimum absolute atomic E-state index is 1.08. The lowest BCUT2D eigenvalue weighted by Gasteiger charge is -1.98. The maximum atomic E-state index is 3.75. The third kappa shape index (κ3) is 9.52. The zero-order valence-corrected chi connectivity index (χ0v) is 10.5. The molecule has 0 N–H and O–H groups in total. The van der Waals surface area contributed by atoms with Crippen LogP contribution < -0.4 is 0 Å². The third-order valence-corrected chi connectivity index (χ3v) is 2.56. The Balaban J connectivity index is 3.58. The molecule has 0 nitrogen and oxygen atoms in total. The van der Waals surface area contributed by atoms with Crippen molar-refractivity contribution in [2.45, 2.75) is 58.8 Å². The smallest absolute Gasteiger partial charge is 0.0248 e. The van der Waals surface area contributed by atoms with E-state index in [1.165, 1.54) is 37.7 Å². The second-order valence-electron chi connectivity index (χ2n) is 3.94. The van der Waals surface area contributed by atoms with E-state index < -0.39 is 0 Å². The van der Waals surface area contributed by atoms with Crippen LogP contribution in [0.5, 0.6) is 0 Å². The normalized spacial score (nSPS) is 12.3. The average Bonchev–Trinajstić information content (AvgIpc) is 2.27. The van der Waals surface area contributed by atoms with Crippen LogP contribution in [0, 0.1) is 0 Å². The van der Waals surface area contributed by atoms with Gasteiger partial charge in [0.2, 0.25) is 0 Å². The first-order valence-electron chi connectivity index (χ1n) is 6.27. The van der Waals surface area contributed by atoms with Gasteiger partial charge in [-0.2, -0.15) is 0 Å². The van der Waals surface area contributed by atoms with E-state index in [1.54, 1.807) is 0 Å². The molecule has 0 aromatic heterocycles. The van der Waals surface area contributed by atoms with Gasteiger partial charge in [0, 0.05) is 0 Å². The summed E-state index contributed by atoms with van der Waals surface area (Å²) >= 11 is 0. The highest BCUT2D eigenvalue weighted by atomic mass is 14.0. The quantitative estimate of drug-likeness (QED) is 0.268. The summed E-state index contributed by atoms with van der Waals surface area (Å²) in [5.41, 5.74) is 1.44. The molecule has 0 saturated heterocycles. The molecule has 0 amide bonds. The molecule has 0 radical (unpaired) electrons. The molecule has 15 heavy (non-hydrogen) atoms. The summed E-state index contributed by atoms with van der Waals surface area (Å²) in [6, 6.07) is 0. The molecular formula is C15H26. The molecule has 0 aliphatic heterocycles. The van der Waals surface area contributed by atoms with Gasteiger partial charge in [0.25, 0.3) is 0 Å². The number of hydrogen-bond acceptors (Lipinski definition) is 0. The first-order valence-corrected chi connectivity index (χ1v) is 6.27. The largest absolute Gasteiger partial charge is 0.103 e. The Kier molecular flexibility index (Phi) is 10.7. The van der Waals surface area contributed by atoms with Crippen molar-refractivity contribution in [3.63, 3.8) is 0 Å². The summed E-state index contributed by atoms with van der Waals surface area (Å²) in [5, 5.41) is 0. The van der Waals surface area contributed by atoms with Crippen molar-refractivity contribution in [3.05, 3.63) is 36.5 Å². The Labute approximate surface area is 95.8 Å². The molecule has 0 heterocycles. The van der Waals surface area contributed by atoms with E-state index in [0.717, 1.165) is 12.8 Å². The average molecular weight is 206 g/mol. The molecule has 0 saturated carbocycles. The van der Waals surface area contributed by atoms with E-state index in [0.29, 0.717) is 0 Å². The Hall–Kier alpha value is -0.780. The van der Waals surface area contributed by atoms with Gasteiger partial charge in [0.05, 0.1) is 0 Å². The van der Waals surface area contributed by atoms with Crippen molar-refractivity contribution in [2.24, 2.45) is 0 Å². The van der Waals surface area contributed by atoms with Crippen LogP contribution in [0.3, 0.4) is 0 Å². The van der Waals surface area contributed by atoms with Crippen LogP contribution in [-0.2, 0) is 0 Å². The summed E-state index contributed by atoms with van der Waals surface area (Å²) in [4.78, 5) is 0. The molecule has 0 bridgehead atoms. The predicted octanol–water partition coefficient (Wildman–Crippen LogP) is 5.43. The maximum absolute atomic E-state index is 3.75. The van der Waals surface area contributed by atoms with Gasteiger partial charge >= 0.3 is 0 Å². The van der Waals surface area contributed by atoms with Crippen LogP contribution in [-0.4, -0.2) is 0 Å². The summed E-state index contributed by atoms with van der Waals surface area (Å²) in [6.07, 6.45) is 17.6. The number of hydrogen-bond donors (Lipinski definition) is 0. The van der Waals surface area contributed by atoms with Gasteiger partial charge in [-0.05, 0) is 32.6 Å². The van der Waals surface area contributed by atoms with Gasteiger partial charge in [-0.15, -0.1) is 6.58 Å². The van der Waals surface area contributed by atoms with Crippen LogP contribution in [0.2, 0.25) is 0 Å². The minimum Gasteiger partial charge on any atom is -0.103 e. The van der Waals surface area contributed by atoms with E-state index >= 15 is 0 Å². The fourth-order valence-electron chi connectivity index (χ4n) is 1.52. The lowest BCUT2D eigenvalue weighted by atomic mass is 10.1. The van der Waals surface area contributed by atoms with Crippen molar-refractivity contribution in [1.82, 2.24) is 0 Å². The number of unbranched alkanes of at least 4 members (excludes halogenated alkanes) is 4. The SMILES string of the molecule is C=CCCC(C=CCCCCCC)=CC. The minimum atomic E-state index is 1.08. The molecule has 86 valence electrons. The standard InChI is InChI=1S/C15H26/c1-4-7-9-10-11-12-14-15(6-3)13-8-5-2/h5-6,12,14H,2,4,7-11,13H2,1,3H3. The Bertz CT molecular complexity index is 196. The van der Waals surface area contributed by atoms with Crippen LogP contribution in [0.25, 0.3) is 0 Å². The first-order chi connectivity index (χ1) is 7.35. The van der Waals surface area contributed by atoms with E-state index in [9.17, 15) is 0 Å². The lowest BCUT2D eigenvalue weighted by Crippen LogP contribution is -1.78. The first kappa shape index (κ1) is 14.2.